The van der Waals surface area contributed by atoms with E-state index in [9.17, 15) is 27.6 Å². The molecule has 4 aliphatic rings. The molecule has 3 fully saturated rings. The van der Waals surface area contributed by atoms with Gasteiger partial charge in [-0.1, -0.05) is 12.1 Å². The van der Waals surface area contributed by atoms with Gasteiger partial charge < -0.3 is 20.0 Å². The van der Waals surface area contributed by atoms with Crippen LogP contribution in [0.5, 0.6) is 0 Å². The van der Waals surface area contributed by atoms with Gasteiger partial charge in [0.15, 0.2) is 0 Å². The maximum Gasteiger partial charge on any atom is 0.417 e. The van der Waals surface area contributed by atoms with Gasteiger partial charge in [-0.3, -0.25) is 24.6 Å². The van der Waals surface area contributed by atoms with Crippen molar-refractivity contribution in [3.8, 4) is 6.07 Å². The predicted molar refractivity (Wildman–Crippen MR) is 191 cm³/mol. The molecule has 0 radical (unpaired) electrons. The number of carbonyl (C=O) groups excluding carboxylic acids is 3. The number of halogens is 3. The average Bonchev–Trinajstić information content (AvgIpc) is 3.48. The van der Waals surface area contributed by atoms with E-state index in [1.807, 2.05) is 17.0 Å². The maximum atomic E-state index is 13.5. The number of piperazine rings is 1. The van der Waals surface area contributed by atoms with Gasteiger partial charge in [-0.25, -0.2) is 0 Å². The number of amides is 3. The van der Waals surface area contributed by atoms with Crippen molar-refractivity contribution < 1.29 is 27.6 Å². The second-order valence-corrected chi connectivity index (χ2v) is 14.1. The Morgan fingerprint density at radius 1 is 0.846 bits per heavy atom. The van der Waals surface area contributed by atoms with Crippen LogP contribution >= 0.6 is 0 Å². The molecule has 272 valence electrons. The van der Waals surface area contributed by atoms with Crippen LogP contribution in [0.2, 0.25) is 0 Å². The van der Waals surface area contributed by atoms with Crippen LogP contribution in [-0.2, 0) is 22.3 Å². The van der Waals surface area contributed by atoms with E-state index in [4.69, 9.17) is 5.26 Å². The zero-order valence-corrected chi connectivity index (χ0v) is 28.9. The van der Waals surface area contributed by atoms with Gasteiger partial charge in [0.1, 0.15) is 6.04 Å². The lowest BCUT2D eigenvalue weighted by Gasteiger charge is -2.36. The highest BCUT2D eigenvalue weighted by Crippen LogP contribution is 2.37. The van der Waals surface area contributed by atoms with Crippen LogP contribution in [-0.4, -0.2) is 85.9 Å². The molecule has 2 N–H and O–H groups in total. The molecule has 3 amide bonds. The minimum Gasteiger partial charge on any atom is -0.385 e. The number of piperidine rings is 2. The Bertz CT molecular complexity index is 1860. The number of rotatable bonds is 9. The van der Waals surface area contributed by atoms with Gasteiger partial charge in [0.2, 0.25) is 11.8 Å². The lowest BCUT2D eigenvalue weighted by molar-refractivity contribution is -0.138. The van der Waals surface area contributed by atoms with Crippen molar-refractivity contribution >= 4 is 34.8 Å². The molecular weight excluding hydrogens is 671 g/mol. The van der Waals surface area contributed by atoms with E-state index in [-0.39, 0.29) is 23.8 Å². The van der Waals surface area contributed by atoms with E-state index in [2.05, 4.69) is 50.8 Å². The fraction of sp³-hybridized carbons (Fsp3) is 0.436. The van der Waals surface area contributed by atoms with Crippen molar-refractivity contribution in [1.82, 2.24) is 15.1 Å². The Morgan fingerprint density at radius 2 is 1.54 bits per heavy atom. The van der Waals surface area contributed by atoms with Crippen molar-refractivity contribution in [2.75, 3.05) is 67.5 Å². The highest BCUT2D eigenvalue weighted by molar-refractivity contribution is 6.05. The summed E-state index contributed by atoms with van der Waals surface area (Å²) in [6.45, 7) is 7.19. The first kappa shape index (κ1) is 35.3. The summed E-state index contributed by atoms with van der Waals surface area (Å²) in [5.41, 5.74) is 4.21. The number of nitrogens with one attached hydrogen (secondary N) is 2. The molecule has 10 nitrogen and oxygen atoms in total. The Kier molecular flexibility index (Phi) is 10.1. The van der Waals surface area contributed by atoms with E-state index >= 15 is 0 Å². The van der Waals surface area contributed by atoms with Crippen LogP contribution in [0.15, 0.2) is 60.7 Å². The van der Waals surface area contributed by atoms with Crippen molar-refractivity contribution in [1.29, 1.82) is 5.26 Å². The van der Waals surface area contributed by atoms with E-state index in [0.29, 0.717) is 43.2 Å². The Balaban J connectivity index is 0.821. The van der Waals surface area contributed by atoms with Crippen LogP contribution in [0.3, 0.4) is 0 Å². The fourth-order valence-electron chi connectivity index (χ4n) is 7.93. The Morgan fingerprint density at radius 3 is 2.23 bits per heavy atom. The maximum absolute atomic E-state index is 13.5. The predicted octanol–water partition coefficient (Wildman–Crippen LogP) is 5.35. The molecule has 4 aliphatic heterocycles. The van der Waals surface area contributed by atoms with Crippen molar-refractivity contribution in [3.63, 3.8) is 0 Å². The third kappa shape index (κ3) is 7.58. The molecule has 0 aromatic heterocycles. The number of carbonyl (C=O) groups is 3. The van der Waals surface area contributed by atoms with E-state index in [1.54, 1.807) is 17.0 Å². The molecule has 0 saturated carbocycles. The van der Waals surface area contributed by atoms with Crippen LogP contribution < -0.4 is 20.4 Å². The summed E-state index contributed by atoms with van der Waals surface area (Å²) >= 11 is 0. The number of hydrogen-bond donors (Lipinski definition) is 2. The molecule has 3 saturated heterocycles. The molecule has 7 rings (SSSR count). The van der Waals surface area contributed by atoms with Gasteiger partial charge in [-0.05, 0) is 97.8 Å². The number of benzene rings is 3. The Hall–Kier alpha value is -5.09. The number of hydrogen-bond acceptors (Lipinski definition) is 8. The summed E-state index contributed by atoms with van der Waals surface area (Å²) in [5, 5.41) is 15.0. The van der Waals surface area contributed by atoms with Gasteiger partial charge >= 0.3 is 6.18 Å². The standard InChI is InChI=1S/C39H42F3N7O3/c40-39(41,42)34-23-32(7-4-28(34)24-43)47-16-12-27(13-17-47)26-2-5-30(6-3-26)44-14-1-15-46-18-20-48(21-19-46)31-8-9-33-29(22-31)25-49(38(33)52)35-10-11-36(50)45-37(35)51/h2-9,22-23,27,35,44H,1,10-21,25H2,(H,45,50,51). The van der Waals surface area contributed by atoms with Gasteiger partial charge in [0, 0.05) is 81.4 Å². The molecule has 1 unspecified atom stereocenters. The monoisotopic (exact) mass is 713 g/mol. The molecule has 0 spiro atoms. The molecule has 52 heavy (non-hydrogen) atoms. The number of anilines is 3. The summed E-state index contributed by atoms with van der Waals surface area (Å²) in [6, 6.07) is 19.4. The third-order valence-corrected chi connectivity index (χ3v) is 10.9. The third-order valence-electron chi connectivity index (χ3n) is 10.9. The van der Waals surface area contributed by atoms with Crippen molar-refractivity contribution in [2.24, 2.45) is 0 Å². The van der Waals surface area contributed by atoms with Crippen molar-refractivity contribution in [2.45, 2.75) is 56.8 Å². The lowest BCUT2D eigenvalue weighted by atomic mass is 9.89. The van der Waals surface area contributed by atoms with Gasteiger partial charge in [0.05, 0.1) is 17.2 Å². The smallest absolute Gasteiger partial charge is 0.385 e. The number of nitrogens with zero attached hydrogens (tertiary/aromatic N) is 5. The topological polar surface area (TPSA) is 112 Å². The van der Waals surface area contributed by atoms with Gasteiger partial charge in [-0.2, -0.15) is 18.4 Å². The molecule has 0 aliphatic carbocycles. The number of nitriles is 1. The minimum absolute atomic E-state index is 0.154. The van der Waals surface area contributed by atoms with Crippen LogP contribution in [0.25, 0.3) is 0 Å². The zero-order chi connectivity index (χ0) is 36.4. The van der Waals surface area contributed by atoms with E-state index in [1.165, 1.54) is 11.6 Å². The minimum atomic E-state index is -4.56. The summed E-state index contributed by atoms with van der Waals surface area (Å²) in [5.74, 6) is -0.496. The zero-order valence-electron chi connectivity index (χ0n) is 28.9. The number of imide groups is 1. The van der Waals surface area contributed by atoms with Crippen LogP contribution in [0, 0.1) is 11.3 Å². The molecule has 1 atom stereocenters. The SMILES string of the molecule is N#Cc1ccc(N2CCC(c3ccc(NCCCN4CCN(c5ccc6c(c5)CN(C5CCC(=O)NC5=O)C6=O)CC4)cc3)CC2)cc1C(F)(F)F. The fourth-order valence-corrected chi connectivity index (χ4v) is 7.93. The molecule has 13 heteroatoms. The first-order valence-corrected chi connectivity index (χ1v) is 18.0. The summed E-state index contributed by atoms with van der Waals surface area (Å²) < 4.78 is 40.4. The molecule has 3 aromatic carbocycles. The summed E-state index contributed by atoms with van der Waals surface area (Å²) in [7, 11) is 0. The first-order chi connectivity index (χ1) is 25.1. The largest absolute Gasteiger partial charge is 0.417 e. The van der Waals surface area contributed by atoms with Crippen molar-refractivity contribution in [3.05, 3.63) is 88.5 Å². The summed E-state index contributed by atoms with van der Waals surface area (Å²) in [6.07, 6.45) is -1.27. The van der Waals surface area contributed by atoms with Crippen LogP contribution in [0.4, 0.5) is 30.2 Å². The average molecular weight is 714 g/mol. The van der Waals surface area contributed by atoms with Gasteiger partial charge in [-0.15, -0.1) is 0 Å². The van der Waals surface area contributed by atoms with Crippen LogP contribution in [0.1, 0.15) is 70.6 Å². The number of fused-ring (bicyclic) bond motifs is 1. The molecule has 4 heterocycles. The van der Waals surface area contributed by atoms with E-state index < -0.39 is 23.7 Å². The van der Waals surface area contributed by atoms with E-state index in [0.717, 1.165) is 81.5 Å². The molecule has 3 aromatic rings. The highest BCUT2D eigenvalue weighted by atomic mass is 19.4. The second kappa shape index (κ2) is 14.9. The molecule has 0 bridgehead atoms. The quantitative estimate of drug-likeness (QED) is 0.226. The summed E-state index contributed by atoms with van der Waals surface area (Å²) in [4.78, 5) is 45.4. The Labute approximate surface area is 301 Å². The van der Waals surface area contributed by atoms with Gasteiger partial charge in [0.25, 0.3) is 5.91 Å². The normalized spacial score (nSPS) is 20.2. The second-order valence-electron chi connectivity index (χ2n) is 14.1. The molecular formula is C39H42F3N7O3. The first-order valence-electron chi connectivity index (χ1n) is 18.0. The lowest BCUT2D eigenvalue weighted by Crippen LogP contribution is -2.52. The highest BCUT2D eigenvalue weighted by Gasteiger charge is 2.39. The number of alkyl halides is 3.